The van der Waals surface area contributed by atoms with Crippen molar-refractivity contribution in [3.05, 3.63) is 65.5 Å². The minimum atomic E-state index is -0.203. The molecule has 2 aromatic carbocycles. The highest BCUT2D eigenvalue weighted by molar-refractivity contribution is 5.94. The Labute approximate surface area is 188 Å². The van der Waals surface area contributed by atoms with Gasteiger partial charge in [0.1, 0.15) is 0 Å². The van der Waals surface area contributed by atoms with Crippen LogP contribution in [0.1, 0.15) is 41.5 Å². The molecule has 0 radical (unpaired) electrons. The zero-order chi connectivity index (χ0) is 22.9. The number of nitrogens with zero attached hydrogens (tertiary/aromatic N) is 3. The Hall–Kier alpha value is -3.68. The lowest BCUT2D eigenvalue weighted by Gasteiger charge is -2.17. The zero-order valence-corrected chi connectivity index (χ0v) is 18.7. The van der Waals surface area contributed by atoms with Gasteiger partial charge in [0.05, 0.1) is 0 Å². The first-order chi connectivity index (χ1) is 15.5. The summed E-state index contributed by atoms with van der Waals surface area (Å²) in [6, 6.07) is 14.5. The number of benzene rings is 2. The summed E-state index contributed by atoms with van der Waals surface area (Å²) in [6.07, 6.45) is 2.45. The van der Waals surface area contributed by atoms with E-state index >= 15 is 0 Å². The molecule has 0 atom stereocenters. The predicted molar refractivity (Wildman–Crippen MR) is 124 cm³/mol. The molecule has 0 aliphatic rings. The second kappa shape index (κ2) is 11.1. The Morgan fingerprint density at radius 2 is 1.78 bits per heavy atom. The van der Waals surface area contributed by atoms with Gasteiger partial charge in [0, 0.05) is 43.4 Å². The molecule has 168 valence electrons. The van der Waals surface area contributed by atoms with Crippen LogP contribution in [0.4, 0.5) is 10.5 Å². The normalized spacial score (nSPS) is 10.6. The number of hydrogen-bond donors (Lipinski definition) is 2. The number of amides is 3. The van der Waals surface area contributed by atoms with Crippen LogP contribution in [0.25, 0.3) is 11.5 Å². The molecule has 3 aromatic rings. The number of nitrogens with one attached hydrogen (secondary N) is 2. The maximum Gasteiger partial charge on any atom is 0.321 e. The average molecular weight is 436 g/mol. The van der Waals surface area contributed by atoms with Gasteiger partial charge in [0.15, 0.2) is 5.82 Å². The minimum absolute atomic E-state index is 0.0943. The van der Waals surface area contributed by atoms with Gasteiger partial charge >= 0.3 is 6.03 Å². The molecule has 0 fully saturated rings. The summed E-state index contributed by atoms with van der Waals surface area (Å²) in [4.78, 5) is 30.4. The van der Waals surface area contributed by atoms with Crippen molar-refractivity contribution in [1.29, 1.82) is 0 Å². The summed E-state index contributed by atoms with van der Waals surface area (Å²) in [7, 11) is 1.72. The lowest BCUT2D eigenvalue weighted by atomic mass is 10.1. The zero-order valence-electron chi connectivity index (χ0n) is 18.7. The van der Waals surface area contributed by atoms with Crippen molar-refractivity contribution in [1.82, 2.24) is 20.4 Å². The maximum absolute atomic E-state index is 12.3. The molecule has 3 amide bonds. The monoisotopic (exact) mass is 435 g/mol. The largest absolute Gasteiger partial charge is 0.352 e. The molecule has 0 spiro atoms. The van der Waals surface area contributed by atoms with Gasteiger partial charge in [0.2, 0.25) is 0 Å². The second-order valence-corrected chi connectivity index (χ2v) is 7.67. The van der Waals surface area contributed by atoms with E-state index in [0.29, 0.717) is 36.8 Å². The van der Waals surface area contributed by atoms with Gasteiger partial charge < -0.3 is 20.1 Å². The van der Waals surface area contributed by atoms with Gasteiger partial charge in [-0.15, -0.1) is 0 Å². The molecule has 8 nitrogen and oxygen atoms in total. The van der Waals surface area contributed by atoms with E-state index in [2.05, 4.69) is 27.7 Å². The van der Waals surface area contributed by atoms with Crippen LogP contribution in [-0.4, -0.2) is 47.1 Å². The first kappa shape index (κ1) is 23.0. The van der Waals surface area contributed by atoms with Crippen molar-refractivity contribution in [2.45, 2.75) is 33.1 Å². The van der Waals surface area contributed by atoms with Gasteiger partial charge in [0.25, 0.3) is 11.8 Å². The summed E-state index contributed by atoms with van der Waals surface area (Å²) < 4.78 is 5.35. The molecular formula is C24H29N5O3. The molecule has 0 unspecified atom stereocenters. The number of rotatable bonds is 9. The molecule has 0 bridgehead atoms. The van der Waals surface area contributed by atoms with E-state index in [-0.39, 0.29) is 11.9 Å². The quantitative estimate of drug-likeness (QED) is 0.489. The maximum atomic E-state index is 12.3. The summed E-state index contributed by atoms with van der Waals surface area (Å²) in [5.41, 5.74) is 3.20. The number of aryl methyl sites for hydroxylation is 1. The van der Waals surface area contributed by atoms with E-state index < -0.39 is 0 Å². The number of carbonyl (C=O) groups excluding carboxylic acids is 2. The second-order valence-electron chi connectivity index (χ2n) is 7.67. The number of hydrogen-bond acceptors (Lipinski definition) is 5. The van der Waals surface area contributed by atoms with E-state index in [1.807, 2.05) is 31.2 Å². The number of carbonyl (C=O) groups is 2. The van der Waals surface area contributed by atoms with Gasteiger partial charge in [-0.3, -0.25) is 4.79 Å². The minimum Gasteiger partial charge on any atom is -0.352 e. The SMILES string of the molecule is CCCCNC(=O)c1ccc(-c2nc(CCN(C)C(=O)Nc3ccc(C)cc3)no2)cc1. The van der Waals surface area contributed by atoms with E-state index in [1.54, 1.807) is 36.2 Å². The molecule has 0 aliphatic heterocycles. The third kappa shape index (κ3) is 6.41. The van der Waals surface area contributed by atoms with Crippen molar-refractivity contribution in [3.8, 4) is 11.5 Å². The third-order valence-corrected chi connectivity index (χ3v) is 5.00. The predicted octanol–water partition coefficient (Wildman–Crippen LogP) is 4.28. The first-order valence-corrected chi connectivity index (χ1v) is 10.8. The Morgan fingerprint density at radius 3 is 2.47 bits per heavy atom. The molecule has 8 heteroatoms. The van der Waals surface area contributed by atoms with Crippen molar-refractivity contribution in [2.24, 2.45) is 0 Å². The van der Waals surface area contributed by atoms with Crippen LogP contribution in [0.2, 0.25) is 0 Å². The van der Waals surface area contributed by atoms with Crippen LogP contribution >= 0.6 is 0 Å². The van der Waals surface area contributed by atoms with Gasteiger partial charge in [-0.1, -0.05) is 36.2 Å². The number of unbranched alkanes of at least 4 members (excludes halogenated alkanes) is 1. The molecule has 0 saturated heterocycles. The lowest BCUT2D eigenvalue weighted by molar-refractivity contribution is 0.0953. The van der Waals surface area contributed by atoms with Gasteiger partial charge in [-0.2, -0.15) is 4.98 Å². The van der Waals surface area contributed by atoms with Gasteiger partial charge in [-0.25, -0.2) is 4.79 Å². The van der Waals surface area contributed by atoms with Crippen LogP contribution < -0.4 is 10.6 Å². The number of likely N-dealkylation sites (N-methyl/N-ethyl adjacent to an activating group) is 1. The van der Waals surface area contributed by atoms with E-state index in [4.69, 9.17) is 4.52 Å². The number of anilines is 1. The molecular weight excluding hydrogens is 406 g/mol. The van der Waals surface area contributed by atoms with Gasteiger partial charge in [-0.05, 0) is 49.7 Å². The lowest BCUT2D eigenvalue weighted by Crippen LogP contribution is -2.33. The summed E-state index contributed by atoms with van der Waals surface area (Å²) in [6.45, 7) is 5.18. The van der Waals surface area contributed by atoms with Crippen molar-refractivity contribution in [2.75, 3.05) is 25.5 Å². The van der Waals surface area contributed by atoms with Crippen molar-refractivity contribution in [3.63, 3.8) is 0 Å². The number of urea groups is 1. The van der Waals surface area contributed by atoms with Crippen molar-refractivity contribution < 1.29 is 14.1 Å². The van der Waals surface area contributed by atoms with Crippen LogP contribution in [0.15, 0.2) is 53.1 Å². The third-order valence-electron chi connectivity index (χ3n) is 5.00. The molecule has 32 heavy (non-hydrogen) atoms. The molecule has 1 heterocycles. The summed E-state index contributed by atoms with van der Waals surface area (Å²) >= 11 is 0. The summed E-state index contributed by atoms with van der Waals surface area (Å²) in [5, 5.41) is 9.75. The van der Waals surface area contributed by atoms with Crippen LogP contribution in [-0.2, 0) is 6.42 Å². The van der Waals surface area contributed by atoms with Crippen molar-refractivity contribution >= 4 is 17.6 Å². The fourth-order valence-corrected chi connectivity index (χ4v) is 2.94. The fraction of sp³-hybridized carbons (Fsp3) is 0.333. The number of aromatic nitrogens is 2. The molecule has 1 aromatic heterocycles. The Kier molecular flexibility index (Phi) is 7.96. The Balaban J connectivity index is 1.51. The smallest absolute Gasteiger partial charge is 0.321 e. The topological polar surface area (TPSA) is 100 Å². The molecule has 3 rings (SSSR count). The van der Waals surface area contributed by atoms with E-state index in [0.717, 1.165) is 29.7 Å². The van der Waals surface area contributed by atoms with E-state index in [9.17, 15) is 9.59 Å². The fourth-order valence-electron chi connectivity index (χ4n) is 2.94. The first-order valence-electron chi connectivity index (χ1n) is 10.8. The molecule has 0 saturated carbocycles. The Morgan fingerprint density at radius 1 is 1.06 bits per heavy atom. The average Bonchev–Trinajstić information content (AvgIpc) is 3.28. The Bertz CT molecular complexity index is 1030. The summed E-state index contributed by atoms with van der Waals surface area (Å²) in [5.74, 6) is 0.796. The van der Waals surface area contributed by atoms with Crippen LogP contribution in [0.3, 0.4) is 0 Å². The highest BCUT2D eigenvalue weighted by Crippen LogP contribution is 2.18. The standard InChI is InChI=1S/C24H29N5O3/c1-4-5-15-25-22(30)18-8-10-19(11-9-18)23-27-21(28-32-23)14-16-29(3)24(31)26-20-12-6-17(2)7-13-20/h6-13H,4-5,14-16H2,1-3H3,(H,25,30)(H,26,31). The van der Waals surface area contributed by atoms with E-state index in [1.165, 1.54) is 0 Å². The molecule has 0 aliphatic carbocycles. The van der Waals surface area contributed by atoms with Crippen LogP contribution in [0, 0.1) is 6.92 Å². The highest BCUT2D eigenvalue weighted by Gasteiger charge is 2.13. The highest BCUT2D eigenvalue weighted by atomic mass is 16.5. The van der Waals surface area contributed by atoms with Crippen LogP contribution in [0.5, 0.6) is 0 Å². The molecule has 2 N–H and O–H groups in total.